The Morgan fingerprint density at radius 2 is 1.89 bits per heavy atom. The Balaban J connectivity index is 1.26. The van der Waals surface area contributed by atoms with Gasteiger partial charge in [0.2, 0.25) is 0 Å². The molecule has 6 heteroatoms. The number of aliphatic carboxylic acids is 1. The highest BCUT2D eigenvalue weighted by Gasteiger charge is 2.43. The monoisotopic (exact) mass is 489 g/mol. The summed E-state index contributed by atoms with van der Waals surface area (Å²) in [5.41, 5.74) is 8.12. The number of hydrogen-bond donors (Lipinski definition) is 2. The number of fused-ring (bicyclic) bond motifs is 3. The van der Waals surface area contributed by atoms with E-state index < -0.39 is 5.97 Å². The number of carbonyl (C=O) groups is 1. The molecule has 1 aliphatic carbocycles. The van der Waals surface area contributed by atoms with Gasteiger partial charge in [0.25, 0.3) is 0 Å². The number of hydrogen-bond acceptors (Lipinski definition) is 5. The van der Waals surface area contributed by atoms with E-state index in [1.54, 1.807) is 0 Å². The molecule has 182 valence electrons. The first-order valence-corrected chi connectivity index (χ1v) is 13.5. The summed E-state index contributed by atoms with van der Waals surface area (Å²) in [6.07, 6.45) is 3.90. The standard InChI is InChI=1S/C29H31NO4S/c1-35-12-2-11-34-24-9-10-25-22(14-24)18-33-17-21-4-3-19(13-26(21)25)16-30-23-7-5-20(6-8-23)27-15-28(27)29(31)32/h3-10,13-14,27-28,30H,2,11-12,15-18H2,1H3,(H,31,32)/t27-,28?/m1/s1. The van der Waals surface area contributed by atoms with Crippen LogP contribution in [0.4, 0.5) is 5.69 Å². The molecule has 0 amide bonds. The van der Waals surface area contributed by atoms with Gasteiger partial charge in [-0.1, -0.05) is 30.3 Å². The zero-order chi connectivity index (χ0) is 24.2. The summed E-state index contributed by atoms with van der Waals surface area (Å²) < 4.78 is 11.9. The van der Waals surface area contributed by atoms with Gasteiger partial charge in [-0.15, -0.1) is 0 Å². The van der Waals surface area contributed by atoms with Gasteiger partial charge in [0.05, 0.1) is 25.7 Å². The number of anilines is 1. The number of rotatable bonds is 10. The topological polar surface area (TPSA) is 67.8 Å². The minimum Gasteiger partial charge on any atom is -0.494 e. The molecule has 1 saturated carbocycles. The fourth-order valence-electron chi connectivity index (χ4n) is 4.71. The first kappa shape index (κ1) is 23.8. The molecule has 5 rings (SSSR count). The van der Waals surface area contributed by atoms with E-state index in [1.807, 2.05) is 36.0 Å². The summed E-state index contributed by atoms with van der Waals surface area (Å²) in [4.78, 5) is 11.1. The molecule has 2 atom stereocenters. The lowest BCUT2D eigenvalue weighted by Gasteiger charge is -2.14. The minimum absolute atomic E-state index is 0.162. The molecule has 0 radical (unpaired) electrons. The molecule has 0 aromatic heterocycles. The smallest absolute Gasteiger partial charge is 0.307 e. The van der Waals surface area contributed by atoms with Gasteiger partial charge in [-0.25, -0.2) is 0 Å². The molecule has 0 bridgehead atoms. The summed E-state index contributed by atoms with van der Waals surface area (Å²) in [6, 6.07) is 21.1. The zero-order valence-corrected chi connectivity index (χ0v) is 20.8. The van der Waals surface area contributed by atoms with Crippen molar-refractivity contribution in [2.75, 3.05) is 23.9 Å². The Labute approximate surface area is 210 Å². The molecule has 2 aliphatic rings. The molecule has 1 unspecified atom stereocenters. The lowest BCUT2D eigenvalue weighted by molar-refractivity contribution is -0.138. The van der Waals surface area contributed by atoms with Gasteiger partial charge in [-0.2, -0.15) is 11.8 Å². The average molecular weight is 490 g/mol. The molecular weight excluding hydrogens is 458 g/mol. The van der Waals surface area contributed by atoms with Crippen molar-refractivity contribution in [3.63, 3.8) is 0 Å². The highest BCUT2D eigenvalue weighted by atomic mass is 32.2. The Morgan fingerprint density at radius 3 is 2.66 bits per heavy atom. The van der Waals surface area contributed by atoms with E-state index in [0.29, 0.717) is 19.8 Å². The van der Waals surface area contributed by atoms with Crippen LogP contribution >= 0.6 is 11.8 Å². The van der Waals surface area contributed by atoms with Crippen LogP contribution in [0.5, 0.6) is 5.75 Å². The number of nitrogens with one attached hydrogen (secondary N) is 1. The van der Waals surface area contributed by atoms with Crippen molar-refractivity contribution < 1.29 is 19.4 Å². The maximum atomic E-state index is 11.1. The third kappa shape index (κ3) is 5.65. The highest BCUT2D eigenvalue weighted by Crippen LogP contribution is 2.47. The maximum Gasteiger partial charge on any atom is 0.307 e. The van der Waals surface area contributed by atoms with Crippen molar-refractivity contribution in [2.24, 2.45) is 5.92 Å². The highest BCUT2D eigenvalue weighted by molar-refractivity contribution is 7.98. The molecule has 2 N–H and O–H groups in total. The van der Waals surface area contributed by atoms with Crippen molar-refractivity contribution in [1.82, 2.24) is 0 Å². The summed E-state index contributed by atoms with van der Waals surface area (Å²) >= 11 is 1.84. The van der Waals surface area contributed by atoms with E-state index in [-0.39, 0.29) is 11.8 Å². The lowest BCUT2D eigenvalue weighted by atomic mass is 9.94. The van der Waals surface area contributed by atoms with Gasteiger partial charge >= 0.3 is 5.97 Å². The minimum atomic E-state index is -0.692. The summed E-state index contributed by atoms with van der Waals surface area (Å²) in [6.45, 7) is 2.62. The molecule has 0 spiro atoms. The van der Waals surface area contributed by atoms with Crippen LogP contribution in [-0.2, 0) is 29.3 Å². The lowest BCUT2D eigenvalue weighted by Crippen LogP contribution is -2.02. The molecule has 5 nitrogen and oxygen atoms in total. The van der Waals surface area contributed by atoms with Crippen LogP contribution in [0.25, 0.3) is 11.1 Å². The molecule has 35 heavy (non-hydrogen) atoms. The van der Waals surface area contributed by atoms with E-state index in [0.717, 1.165) is 47.8 Å². The van der Waals surface area contributed by atoms with Gasteiger partial charge in [-0.05, 0) is 94.5 Å². The Kier molecular flexibility index (Phi) is 7.30. The Bertz CT molecular complexity index is 1190. The first-order valence-electron chi connectivity index (χ1n) is 12.1. The third-order valence-corrected chi connectivity index (χ3v) is 7.46. The second kappa shape index (κ2) is 10.8. The van der Waals surface area contributed by atoms with E-state index in [4.69, 9.17) is 14.6 Å². The number of carboxylic acids is 1. The molecular formula is C29H31NO4S. The van der Waals surface area contributed by atoms with E-state index in [1.165, 1.54) is 22.3 Å². The van der Waals surface area contributed by atoms with Crippen molar-refractivity contribution in [3.05, 3.63) is 82.9 Å². The van der Waals surface area contributed by atoms with Crippen LogP contribution in [0.1, 0.15) is 41.0 Å². The molecule has 1 fully saturated rings. The van der Waals surface area contributed by atoms with Crippen molar-refractivity contribution in [2.45, 2.75) is 38.5 Å². The van der Waals surface area contributed by atoms with Gasteiger partial charge < -0.3 is 19.9 Å². The van der Waals surface area contributed by atoms with E-state index >= 15 is 0 Å². The van der Waals surface area contributed by atoms with Crippen LogP contribution in [0.3, 0.4) is 0 Å². The quantitative estimate of drug-likeness (QED) is 0.325. The second-order valence-electron chi connectivity index (χ2n) is 9.26. The fourth-order valence-corrected chi connectivity index (χ4v) is 5.11. The number of carboxylic acid groups (broad SMARTS) is 1. The van der Waals surface area contributed by atoms with Crippen LogP contribution in [0.15, 0.2) is 60.7 Å². The normalized spacial score (nSPS) is 18.2. The molecule has 1 heterocycles. The van der Waals surface area contributed by atoms with Gasteiger partial charge in [0.1, 0.15) is 5.75 Å². The van der Waals surface area contributed by atoms with Gasteiger partial charge in [-0.3, -0.25) is 4.79 Å². The third-order valence-electron chi connectivity index (χ3n) is 6.76. The largest absolute Gasteiger partial charge is 0.494 e. The van der Waals surface area contributed by atoms with E-state index in [2.05, 4.69) is 48.0 Å². The second-order valence-corrected chi connectivity index (χ2v) is 10.2. The van der Waals surface area contributed by atoms with Crippen LogP contribution in [0.2, 0.25) is 0 Å². The summed E-state index contributed by atoms with van der Waals surface area (Å²) in [7, 11) is 0. The predicted molar refractivity (Wildman–Crippen MR) is 141 cm³/mol. The van der Waals surface area contributed by atoms with Crippen molar-refractivity contribution in [1.29, 1.82) is 0 Å². The fraction of sp³-hybridized carbons (Fsp3) is 0.345. The van der Waals surface area contributed by atoms with Crippen molar-refractivity contribution in [3.8, 4) is 16.9 Å². The Hall–Kier alpha value is -2.96. The zero-order valence-electron chi connectivity index (χ0n) is 20.0. The number of thioether (sulfide) groups is 1. The van der Waals surface area contributed by atoms with Crippen LogP contribution in [-0.4, -0.2) is 29.7 Å². The van der Waals surface area contributed by atoms with Crippen molar-refractivity contribution >= 4 is 23.4 Å². The molecule has 3 aromatic rings. The summed E-state index contributed by atoms with van der Waals surface area (Å²) in [5, 5.41) is 12.7. The number of ether oxygens (including phenoxy) is 2. The maximum absolute atomic E-state index is 11.1. The first-order chi connectivity index (χ1) is 17.1. The predicted octanol–water partition coefficient (Wildman–Crippen LogP) is 6.32. The molecule has 3 aromatic carbocycles. The average Bonchev–Trinajstić information content (AvgIpc) is 3.69. The SMILES string of the molecule is CSCCCOc1ccc2c(c1)COCc1ccc(CNc3ccc([C@H]4CC4C(=O)O)cc3)cc1-2. The number of benzene rings is 3. The Morgan fingerprint density at radius 1 is 1.06 bits per heavy atom. The molecule has 1 aliphatic heterocycles. The van der Waals surface area contributed by atoms with Crippen LogP contribution in [0, 0.1) is 5.92 Å². The van der Waals surface area contributed by atoms with Gasteiger partial charge in [0, 0.05) is 12.2 Å². The summed E-state index contributed by atoms with van der Waals surface area (Å²) in [5.74, 6) is 1.26. The molecule has 0 saturated heterocycles. The van der Waals surface area contributed by atoms with Crippen LogP contribution < -0.4 is 10.1 Å². The van der Waals surface area contributed by atoms with E-state index in [9.17, 15) is 4.79 Å². The van der Waals surface area contributed by atoms with Gasteiger partial charge in [0.15, 0.2) is 0 Å².